The Kier molecular flexibility index (Phi) is 4.87. The molecule has 0 saturated heterocycles. The van der Waals surface area contributed by atoms with Gasteiger partial charge in [-0.05, 0) is 30.7 Å². The van der Waals surface area contributed by atoms with Crippen LogP contribution < -0.4 is 5.32 Å². The Labute approximate surface area is 118 Å². The number of nitrogens with one attached hydrogen (secondary N) is 1. The summed E-state index contributed by atoms with van der Waals surface area (Å²) < 4.78 is 37.6. The summed E-state index contributed by atoms with van der Waals surface area (Å²) in [6.07, 6.45) is -4.55. The zero-order chi connectivity index (χ0) is 16.2. The third kappa shape index (κ3) is 4.18. The van der Waals surface area contributed by atoms with Gasteiger partial charge in [-0.2, -0.15) is 18.4 Å². The molecule has 110 valence electrons. The van der Waals surface area contributed by atoms with Crippen molar-refractivity contribution in [3.8, 4) is 6.07 Å². The number of anilines is 1. The quantitative estimate of drug-likeness (QED) is 0.686. The number of hydrogen-bond donors (Lipinski definition) is 1. The molecule has 1 aromatic carbocycles. The molecule has 1 atom stereocenters. The molecule has 0 aliphatic rings. The van der Waals surface area contributed by atoms with Gasteiger partial charge in [0.05, 0.1) is 11.6 Å². The summed E-state index contributed by atoms with van der Waals surface area (Å²) in [4.78, 5) is 23.3. The minimum atomic E-state index is -4.55. The molecule has 0 saturated carbocycles. The van der Waals surface area contributed by atoms with Gasteiger partial charge in [0.1, 0.15) is 0 Å². The second-order valence-corrected chi connectivity index (χ2v) is 4.27. The second-order valence-electron chi connectivity index (χ2n) is 4.27. The van der Waals surface area contributed by atoms with Crippen LogP contribution in [-0.2, 0) is 15.8 Å². The van der Waals surface area contributed by atoms with E-state index in [1.165, 1.54) is 19.1 Å². The first-order valence-corrected chi connectivity index (χ1v) is 5.74. The Morgan fingerprint density at radius 1 is 1.38 bits per heavy atom. The molecule has 1 amide bonds. The molecule has 0 radical (unpaired) electrons. The van der Waals surface area contributed by atoms with Crippen molar-refractivity contribution < 1.29 is 22.8 Å². The van der Waals surface area contributed by atoms with Gasteiger partial charge >= 0.3 is 6.18 Å². The van der Waals surface area contributed by atoms with Gasteiger partial charge in [-0.3, -0.25) is 9.59 Å². The van der Waals surface area contributed by atoms with Crippen molar-refractivity contribution in [1.82, 2.24) is 0 Å². The maximum Gasteiger partial charge on any atom is 0.416 e. The zero-order valence-corrected chi connectivity index (χ0v) is 11.0. The number of nitriles is 1. The summed E-state index contributed by atoms with van der Waals surface area (Å²) in [5.74, 6) is -3.41. The Morgan fingerprint density at radius 2 is 2.00 bits per heavy atom. The van der Waals surface area contributed by atoms with Crippen molar-refractivity contribution >= 4 is 17.4 Å². The van der Waals surface area contributed by atoms with E-state index in [1.807, 2.05) is 0 Å². The van der Waals surface area contributed by atoms with Crippen molar-refractivity contribution in [3.05, 3.63) is 42.0 Å². The van der Waals surface area contributed by atoms with E-state index in [-0.39, 0.29) is 11.3 Å². The van der Waals surface area contributed by atoms with E-state index in [9.17, 15) is 22.8 Å². The van der Waals surface area contributed by atoms with E-state index >= 15 is 0 Å². The minimum Gasteiger partial charge on any atom is -0.325 e. The van der Waals surface area contributed by atoms with E-state index in [0.717, 1.165) is 18.2 Å². The van der Waals surface area contributed by atoms with Crippen LogP contribution in [0.25, 0.3) is 0 Å². The predicted molar refractivity (Wildman–Crippen MR) is 69.0 cm³/mol. The first-order chi connectivity index (χ1) is 9.66. The summed E-state index contributed by atoms with van der Waals surface area (Å²) in [6.45, 7) is 4.67. The van der Waals surface area contributed by atoms with Crippen LogP contribution in [0.3, 0.4) is 0 Å². The van der Waals surface area contributed by atoms with Crippen LogP contribution in [0.4, 0.5) is 18.9 Å². The highest BCUT2D eigenvalue weighted by Gasteiger charge is 2.31. The van der Waals surface area contributed by atoms with Gasteiger partial charge < -0.3 is 5.32 Å². The third-order valence-corrected chi connectivity index (χ3v) is 2.53. The van der Waals surface area contributed by atoms with Crippen molar-refractivity contribution in [2.45, 2.75) is 13.1 Å². The molecule has 0 bridgehead atoms. The lowest BCUT2D eigenvalue weighted by Gasteiger charge is -2.11. The molecule has 4 nitrogen and oxygen atoms in total. The third-order valence-electron chi connectivity index (χ3n) is 2.53. The largest absolute Gasteiger partial charge is 0.416 e. The lowest BCUT2D eigenvalue weighted by molar-refractivity contribution is -0.137. The van der Waals surface area contributed by atoms with E-state index in [2.05, 4.69) is 11.9 Å². The van der Waals surface area contributed by atoms with Crippen LogP contribution in [0.2, 0.25) is 0 Å². The Bertz CT molecular complexity index is 630. The smallest absolute Gasteiger partial charge is 0.325 e. The molecule has 0 aliphatic carbocycles. The number of rotatable bonds is 4. The molecule has 0 aliphatic heterocycles. The number of alkyl halides is 3. The summed E-state index contributed by atoms with van der Waals surface area (Å²) in [5.41, 5.74) is -1.08. The predicted octanol–water partition coefficient (Wildman–Crippen LogP) is 2.93. The number of nitrogens with zero attached hydrogens (tertiary/aromatic N) is 1. The molecular weight excluding hydrogens is 285 g/mol. The first kappa shape index (κ1) is 16.4. The second kappa shape index (κ2) is 6.22. The number of carbonyl (C=O) groups is 2. The van der Waals surface area contributed by atoms with Gasteiger partial charge in [0.2, 0.25) is 5.91 Å². The van der Waals surface area contributed by atoms with Gasteiger partial charge in [-0.25, -0.2) is 0 Å². The molecular formula is C14H11F3N2O2. The highest BCUT2D eigenvalue weighted by molar-refractivity contribution is 6.14. The number of hydrogen-bond acceptors (Lipinski definition) is 3. The standard InChI is InChI=1S/C14H11F3N2O2/c1-8(2)12(20)11(7-18)13(21)19-10-5-3-4-9(6-10)14(15,16)17/h3-6,11H,1H2,2H3,(H,19,21). The number of allylic oxidation sites excluding steroid dienone is 1. The molecule has 1 rings (SSSR count). The van der Waals surface area contributed by atoms with Gasteiger partial charge in [-0.1, -0.05) is 12.6 Å². The van der Waals surface area contributed by atoms with Gasteiger partial charge in [-0.15, -0.1) is 0 Å². The van der Waals surface area contributed by atoms with Crippen LogP contribution >= 0.6 is 0 Å². The number of amides is 1. The monoisotopic (exact) mass is 296 g/mol. The lowest BCUT2D eigenvalue weighted by Crippen LogP contribution is -2.29. The van der Waals surface area contributed by atoms with Crippen LogP contribution in [-0.4, -0.2) is 11.7 Å². The zero-order valence-electron chi connectivity index (χ0n) is 11.0. The van der Waals surface area contributed by atoms with Crippen molar-refractivity contribution in [2.75, 3.05) is 5.32 Å². The minimum absolute atomic E-state index is 0.0146. The molecule has 0 aromatic heterocycles. The summed E-state index contributed by atoms with van der Waals surface area (Å²) >= 11 is 0. The summed E-state index contributed by atoms with van der Waals surface area (Å²) in [7, 11) is 0. The van der Waals surface area contributed by atoms with Crippen molar-refractivity contribution in [3.63, 3.8) is 0 Å². The molecule has 0 heterocycles. The first-order valence-electron chi connectivity index (χ1n) is 5.74. The summed E-state index contributed by atoms with van der Waals surface area (Å²) in [6, 6.07) is 5.41. The van der Waals surface area contributed by atoms with Gasteiger partial charge in [0.25, 0.3) is 0 Å². The number of ketones is 1. The fourth-order valence-corrected chi connectivity index (χ4v) is 1.47. The average molecular weight is 296 g/mol. The topological polar surface area (TPSA) is 70.0 Å². The fourth-order valence-electron chi connectivity index (χ4n) is 1.47. The maximum absolute atomic E-state index is 12.5. The highest BCUT2D eigenvalue weighted by atomic mass is 19.4. The number of benzene rings is 1. The normalized spacial score (nSPS) is 12.1. The van der Waals surface area contributed by atoms with Crippen LogP contribution in [0.5, 0.6) is 0 Å². The van der Waals surface area contributed by atoms with E-state index in [0.29, 0.717) is 0 Å². The fraction of sp³-hybridized carbons (Fsp3) is 0.214. The SMILES string of the molecule is C=C(C)C(=O)C(C#N)C(=O)Nc1cccc(C(F)(F)F)c1. The molecule has 0 spiro atoms. The van der Waals surface area contributed by atoms with E-state index in [1.54, 1.807) is 0 Å². The number of carbonyl (C=O) groups excluding carboxylic acids is 2. The number of halogens is 3. The highest BCUT2D eigenvalue weighted by Crippen LogP contribution is 2.30. The van der Waals surface area contributed by atoms with Crippen LogP contribution in [0.1, 0.15) is 12.5 Å². The van der Waals surface area contributed by atoms with Crippen molar-refractivity contribution in [1.29, 1.82) is 5.26 Å². The molecule has 1 unspecified atom stereocenters. The van der Waals surface area contributed by atoms with Crippen LogP contribution in [0.15, 0.2) is 36.4 Å². The van der Waals surface area contributed by atoms with E-state index in [4.69, 9.17) is 5.26 Å². The lowest BCUT2D eigenvalue weighted by atomic mass is 10.00. The van der Waals surface area contributed by atoms with Gasteiger partial charge in [0, 0.05) is 5.69 Å². The Balaban J connectivity index is 2.96. The Hall–Kier alpha value is -2.62. The molecule has 7 heteroatoms. The van der Waals surface area contributed by atoms with Crippen molar-refractivity contribution in [2.24, 2.45) is 5.92 Å². The molecule has 21 heavy (non-hydrogen) atoms. The van der Waals surface area contributed by atoms with E-state index < -0.39 is 29.3 Å². The van der Waals surface area contributed by atoms with Crippen LogP contribution in [0, 0.1) is 17.2 Å². The van der Waals surface area contributed by atoms with Gasteiger partial charge in [0.15, 0.2) is 11.7 Å². The average Bonchev–Trinajstić information content (AvgIpc) is 2.38. The summed E-state index contributed by atoms with van der Waals surface area (Å²) in [5, 5.41) is 10.9. The number of Topliss-reactive ketones (excluding diaryl/α,β-unsaturated/α-hetero) is 1. The molecule has 0 fully saturated rings. The Morgan fingerprint density at radius 3 is 2.48 bits per heavy atom. The maximum atomic E-state index is 12.5. The molecule has 1 aromatic rings. The molecule has 1 N–H and O–H groups in total.